The molecule has 270 valence electrons. The Morgan fingerprint density at radius 2 is 1.14 bits per heavy atom. The van der Waals surface area contributed by atoms with E-state index >= 15 is 0 Å². The minimum atomic E-state index is -0.264. The van der Waals surface area contributed by atoms with Crippen LogP contribution in [0, 0.1) is 0 Å². The van der Waals surface area contributed by atoms with Gasteiger partial charge in [0.2, 0.25) is 0 Å². The summed E-state index contributed by atoms with van der Waals surface area (Å²) in [5.41, 5.74) is 7.07. The van der Waals surface area contributed by atoms with Gasteiger partial charge in [-0.15, -0.1) is 0 Å². The zero-order valence-corrected chi connectivity index (χ0v) is 32.0. The molecule has 0 saturated heterocycles. The van der Waals surface area contributed by atoms with Crippen LogP contribution in [0.3, 0.4) is 0 Å². The standard InChI is InChI=1S/C44H60N2O4/c1-11-30-16-18-31(19-17-30)28-49-20-21-50-29-32-22-33(40(47)36(23-32)43(5,6)7)26-45-38-14-12-13-15-39(38)46-27-34-24-35(42(2,3)4)25-37(41(34)48)44(8,9)10/h11,16-19,22-27,38-39,47-48H,1,12-15,20-21,28-29H2,2-10H3/t38-,39-/m1/s1. The van der Waals surface area contributed by atoms with Gasteiger partial charge in [-0.05, 0) is 69.5 Å². The highest BCUT2D eigenvalue weighted by Crippen LogP contribution is 2.38. The predicted octanol–water partition coefficient (Wildman–Crippen LogP) is 10.2. The molecule has 3 aromatic rings. The highest BCUT2D eigenvalue weighted by molar-refractivity contribution is 5.86. The summed E-state index contributed by atoms with van der Waals surface area (Å²) in [5, 5.41) is 22.7. The molecule has 1 aliphatic rings. The van der Waals surface area contributed by atoms with E-state index in [1.165, 1.54) is 5.56 Å². The lowest BCUT2D eigenvalue weighted by Crippen LogP contribution is -2.27. The fourth-order valence-electron chi connectivity index (χ4n) is 6.27. The Balaban J connectivity index is 1.49. The maximum absolute atomic E-state index is 11.4. The molecule has 2 atom stereocenters. The van der Waals surface area contributed by atoms with Crippen molar-refractivity contribution in [2.75, 3.05) is 13.2 Å². The third kappa shape index (κ3) is 10.6. The molecule has 6 nitrogen and oxygen atoms in total. The molecule has 0 aliphatic heterocycles. The van der Waals surface area contributed by atoms with E-state index in [-0.39, 0.29) is 34.1 Å². The fourth-order valence-corrected chi connectivity index (χ4v) is 6.27. The molecule has 1 aliphatic carbocycles. The molecule has 50 heavy (non-hydrogen) atoms. The summed E-state index contributed by atoms with van der Waals surface area (Å²) in [6.45, 7) is 25.0. The van der Waals surface area contributed by atoms with Crippen molar-refractivity contribution in [1.29, 1.82) is 0 Å². The van der Waals surface area contributed by atoms with Crippen LogP contribution in [-0.4, -0.2) is 47.9 Å². The Morgan fingerprint density at radius 1 is 0.660 bits per heavy atom. The molecule has 0 radical (unpaired) electrons. The summed E-state index contributed by atoms with van der Waals surface area (Å²) in [4.78, 5) is 10.1. The summed E-state index contributed by atoms with van der Waals surface area (Å²) >= 11 is 0. The number of hydrogen-bond acceptors (Lipinski definition) is 6. The lowest BCUT2D eigenvalue weighted by atomic mass is 9.79. The average Bonchev–Trinajstić information content (AvgIpc) is 3.04. The Bertz CT molecular complexity index is 1650. The molecule has 0 amide bonds. The lowest BCUT2D eigenvalue weighted by Gasteiger charge is -2.28. The SMILES string of the molecule is C=Cc1ccc(COCCOCc2cc(C=N[C@@H]3CCCC[C@H]3N=Cc3cc(C(C)(C)C)cc(C(C)(C)C)c3O)c(O)c(C(C)(C)C)c2)cc1. The van der Waals surface area contributed by atoms with E-state index in [2.05, 4.69) is 81.0 Å². The van der Waals surface area contributed by atoms with E-state index < -0.39 is 0 Å². The molecule has 0 heterocycles. The van der Waals surface area contributed by atoms with Gasteiger partial charge in [0, 0.05) is 34.7 Å². The van der Waals surface area contributed by atoms with Gasteiger partial charge in [-0.2, -0.15) is 0 Å². The van der Waals surface area contributed by atoms with E-state index in [4.69, 9.17) is 19.5 Å². The third-order valence-electron chi connectivity index (χ3n) is 9.45. The molecule has 1 saturated carbocycles. The molecule has 4 rings (SSSR count). The maximum Gasteiger partial charge on any atom is 0.128 e. The molecule has 0 bridgehead atoms. The van der Waals surface area contributed by atoms with Crippen LogP contribution in [0.2, 0.25) is 0 Å². The van der Waals surface area contributed by atoms with Gasteiger partial charge in [0.15, 0.2) is 0 Å². The van der Waals surface area contributed by atoms with Crippen LogP contribution >= 0.6 is 0 Å². The summed E-state index contributed by atoms with van der Waals surface area (Å²) in [5.74, 6) is 0.555. The topological polar surface area (TPSA) is 83.6 Å². The first-order chi connectivity index (χ1) is 23.5. The second-order valence-corrected chi connectivity index (χ2v) is 16.8. The van der Waals surface area contributed by atoms with Crippen LogP contribution in [0.1, 0.15) is 133 Å². The van der Waals surface area contributed by atoms with Crippen molar-refractivity contribution in [3.05, 3.63) is 99.6 Å². The first-order valence-corrected chi connectivity index (χ1v) is 18.1. The average molecular weight is 681 g/mol. The van der Waals surface area contributed by atoms with Crippen LogP contribution in [0.15, 0.2) is 65.1 Å². The van der Waals surface area contributed by atoms with Gasteiger partial charge in [0.25, 0.3) is 0 Å². The van der Waals surface area contributed by atoms with Gasteiger partial charge < -0.3 is 19.7 Å². The Kier molecular flexibility index (Phi) is 12.9. The Labute approximate surface area is 301 Å². The van der Waals surface area contributed by atoms with Gasteiger partial charge in [-0.25, -0.2) is 0 Å². The predicted molar refractivity (Wildman–Crippen MR) is 209 cm³/mol. The summed E-state index contributed by atoms with van der Waals surface area (Å²) in [6.07, 6.45) is 9.54. The Morgan fingerprint density at radius 3 is 1.62 bits per heavy atom. The van der Waals surface area contributed by atoms with Crippen molar-refractivity contribution < 1.29 is 19.7 Å². The van der Waals surface area contributed by atoms with E-state index in [9.17, 15) is 10.2 Å². The second kappa shape index (κ2) is 16.5. The largest absolute Gasteiger partial charge is 0.507 e. The molecule has 3 aromatic carbocycles. The smallest absolute Gasteiger partial charge is 0.128 e. The van der Waals surface area contributed by atoms with Crippen molar-refractivity contribution in [3.8, 4) is 11.5 Å². The number of aromatic hydroxyl groups is 2. The van der Waals surface area contributed by atoms with Crippen molar-refractivity contribution in [3.63, 3.8) is 0 Å². The van der Waals surface area contributed by atoms with Crippen molar-refractivity contribution >= 4 is 18.5 Å². The highest BCUT2D eigenvalue weighted by atomic mass is 16.5. The number of phenolic OH excluding ortho intramolecular Hbond substituents is 2. The molecule has 2 N–H and O–H groups in total. The number of rotatable bonds is 12. The van der Waals surface area contributed by atoms with Gasteiger partial charge >= 0.3 is 0 Å². The maximum atomic E-state index is 11.4. The van der Waals surface area contributed by atoms with E-state index in [1.54, 1.807) is 0 Å². The lowest BCUT2D eigenvalue weighted by molar-refractivity contribution is 0.0338. The first kappa shape index (κ1) is 39.1. The zero-order valence-electron chi connectivity index (χ0n) is 32.0. The van der Waals surface area contributed by atoms with E-state index in [1.807, 2.05) is 54.9 Å². The van der Waals surface area contributed by atoms with Gasteiger partial charge in [-0.1, -0.05) is 118 Å². The Hall–Kier alpha value is -3.74. The highest BCUT2D eigenvalue weighted by Gasteiger charge is 2.27. The van der Waals surface area contributed by atoms with Crippen LogP contribution < -0.4 is 0 Å². The minimum absolute atomic E-state index is 0.00792. The van der Waals surface area contributed by atoms with Crippen LogP contribution in [0.5, 0.6) is 11.5 Å². The molecule has 6 heteroatoms. The molecular weight excluding hydrogens is 620 g/mol. The van der Waals surface area contributed by atoms with Crippen molar-refractivity contribution in [1.82, 2.24) is 0 Å². The van der Waals surface area contributed by atoms with Gasteiger partial charge in [0.1, 0.15) is 11.5 Å². The number of hydrogen-bond donors (Lipinski definition) is 2. The number of ether oxygens (including phenoxy) is 2. The van der Waals surface area contributed by atoms with Gasteiger partial charge in [-0.3, -0.25) is 9.98 Å². The monoisotopic (exact) mass is 680 g/mol. The number of aliphatic imine (C=N–C) groups is 2. The molecular formula is C44H60N2O4. The van der Waals surface area contributed by atoms with Crippen LogP contribution in [-0.2, 0) is 38.9 Å². The summed E-state index contributed by atoms with van der Waals surface area (Å²) in [6, 6.07) is 16.4. The zero-order chi connectivity index (χ0) is 36.7. The first-order valence-electron chi connectivity index (χ1n) is 18.1. The number of phenols is 2. The molecule has 0 spiro atoms. The molecule has 1 fully saturated rings. The summed E-state index contributed by atoms with van der Waals surface area (Å²) < 4.78 is 11.8. The minimum Gasteiger partial charge on any atom is -0.507 e. The fraction of sp³-hybridized carbons (Fsp3) is 0.500. The van der Waals surface area contributed by atoms with Crippen LogP contribution in [0.4, 0.5) is 0 Å². The quantitative estimate of drug-likeness (QED) is 0.147. The van der Waals surface area contributed by atoms with E-state index in [0.29, 0.717) is 37.7 Å². The number of benzene rings is 3. The third-order valence-corrected chi connectivity index (χ3v) is 9.45. The van der Waals surface area contributed by atoms with Crippen molar-refractivity contribution in [2.45, 2.75) is 130 Å². The number of nitrogens with zero attached hydrogens (tertiary/aromatic N) is 2. The second-order valence-electron chi connectivity index (χ2n) is 16.8. The van der Waals surface area contributed by atoms with Crippen LogP contribution in [0.25, 0.3) is 6.08 Å². The summed E-state index contributed by atoms with van der Waals surface area (Å²) in [7, 11) is 0. The van der Waals surface area contributed by atoms with Gasteiger partial charge in [0.05, 0.1) is 38.5 Å². The normalized spacial score (nSPS) is 17.5. The van der Waals surface area contributed by atoms with E-state index in [0.717, 1.165) is 59.1 Å². The molecule has 0 aromatic heterocycles. The molecule has 0 unspecified atom stereocenters. The van der Waals surface area contributed by atoms with Crippen molar-refractivity contribution in [2.24, 2.45) is 9.98 Å².